The lowest BCUT2D eigenvalue weighted by Crippen LogP contribution is -2.17. The molecule has 3 nitrogen and oxygen atoms in total. The van der Waals surface area contributed by atoms with Crippen molar-refractivity contribution < 1.29 is 17.9 Å². The third kappa shape index (κ3) is 6.71. The zero-order valence-electron chi connectivity index (χ0n) is 11.7. The first-order valence-corrected chi connectivity index (χ1v) is 7.13. The number of benzene rings is 1. The highest BCUT2D eigenvalue weighted by atomic mass is 79.9. The summed E-state index contributed by atoms with van der Waals surface area (Å²) in [7, 11) is 0. The predicted molar refractivity (Wildman–Crippen MR) is 77.9 cm³/mol. The molecule has 0 saturated heterocycles. The maximum absolute atomic E-state index is 12.1. The van der Waals surface area contributed by atoms with Crippen molar-refractivity contribution in [1.29, 1.82) is 5.26 Å². The topological polar surface area (TPSA) is 45.0 Å². The predicted octanol–water partition coefficient (Wildman–Crippen LogP) is 5.09. The van der Waals surface area contributed by atoms with Gasteiger partial charge in [0.05, 0.1) is 16.0 Å². The molecule has 0 saturated carbocycles. The molecule has 116 valence electrons. The summed E-state index contributed by atoms with van der Waals surface area (Å²) in [5.74, 6) is -0.279. The molecule has 0 aromatic heterocycles. The molecule has 0 bridgehead atoms. The number of ether oxygens (including phenoxy) is 1. The molecular weight excluding hydrogens is 349 g/mol. The van der Waals surface area contributed by atoms with Crippen molar-refractivity contribution in [3.05, 3.63) is 22.7 Å². The Balaban J connectivity index is 2.51. The Hall–Kier alpha value is -1.42. The van der Waals surface area contributed by atoms with E-state index in [-0.39, 0.29) is 15.6 Å². The molecule has 0 fully saturated rings. The van der Waals surface area contributed by atoms with Crippen LogP contribution in [0, 0.1) is 16.7 Å². The quantitative estimate of drug-likeness (QED) is 0.715. The van der Waals surface area contributed by atoms with E-state index >= 15 is 0 Å². The molecule has 0 unspecified atom stereocenters. The summed E-state index contributed by atoms with van der Waals surface area (Å²) in [5.41, 5.74) is 0.318. The first-order valence-electron chi connectivity index (χ1n) is 6.33. The Morgan fingerprint density at radius 2 is 2.00 bits per heavy atom. The van der Waals surface area contributed by atoms with E-state index < -0.39 is 6.36 Å². The highest BCUT2D eigenvalue weighted by molar-refractivity contribution is 9.10. The van der Waals surface area contributed by atoms with E-state index in [0.29, 0.717) is 12.2 Å². The molecule has 21 heavy (non-hydrogen) atoms. The lowest BCUT2D eigenvalue weighted by Gasteiger charge is -2.15. The van der Waals surface area contributed by atoms with Gasteiger partial charge >= 0.3 is 6.36 Å². The molecule has 0 atom stereocenters. The molecule has 0 aliphatic heterocycles. The van der Waals surface area contributed by atoms with Crippen LogP contribution in [0.25, 0.3) is 0 Å². The largest absolute Gasteiger partial charge is 0.573 e. The van der Waals surface area contributed by atoms with Gasteiger partial charge < -0.3 is 10.1 Å². The molecule has 1 aromatic carbocycles. The zero-order chi connectivity index (χ0) is 16.1. The Bertz CT molecular complexity index is 524. The number of anilines is 1. The number of rotatable bonds is 6. The van der Waals surface area contributed by atoms with Crippen molar-refractivity contribution in [2.75, 3.05) is 11.9 Å². The molecule has 0 heterocycles. The average molecular weight is 365 g/mol. The maximum atomic E-state index is 12.1. The van der Waals surface area contributed by atoms with Gasteiger partial charge in [-0.05, 0) is 60.8 Å². The third-order valence-electron chi connectivity index (χ3n) is 2.77. The standard InChI is InChI=1S/C14H16BrF3N2O/c1-13(2,9-19)6-3-7-20-10-4-5-12(11(15)8-10)21-14(16,17)18/h4-5,8,20H,3,6-7H2,1-2H3. The van der Waals surface area contributed by atoms with Crippen LogP contribution in [-0.4, -0.2) is 12.9 Å². The molecule has 1 rings (SSSR count). The van der Waals surface area contributed by atoms with Crippen molar-refractivity contribution >= 4 is 21.6 Å². The minimum absolute atomic E-state index is 0.224. The second kappa shape index (κ2) is 7.03. The van der Waals surface area contributed by atoms with Crippen molar-refractivity contribution in [3.8, 4) is 11.8 Å². The van der Waals surface area contributed by atoms with Crippen LogP contribution in [0.15, 0.2) is 22.7 Å². The smallest absolute Gasteiger partial charge is 0.405 e. The fourth-order valence-corrected chi connectivity index (χ4v) is 2.10. The van der Waals surface area contributed by atoms with E-state index in [1.165, 1.54) is 18.2 Å². The summed E-state index contributed by atoms with van der Waals surface area (Å²) >= 11 is 3.04. The van der Waals surface area contributed by atoms with Crippen LogP contribution in [-0.2, 0) is 0 Å². The first kappa shape index (κ1) is 17.6. The summed E-state index contributed by atoms with van der Waals surface area (Å²) in [4.78, 5) is 0. The molecule has 0 aliphatic rings. The van der Waals surface area contributed by atoms with Crippen LogP contribution in [0.2, 0.25) is 0 Å². The number of nitrogens with one attached hydrogen (secondary N) is 1. The number of hydrogen-bond acceptors (Lipinski definition) is 3. The normalized spacial score (nSPS) is 11.9. The van der Waals surface area contributed by atoms with Crippen molar-refractivity contribution in [2.45, 2.75) is 33.1 Å². The lowest BCUT2D eigenvalue weighted by molar-refractivity contribution is -0.274. The minimum Gasteiger partial charge on any atom is -0.405 e. The van der Waals surface area contributed by atoms with Crippen molar-refractivity contribution in [3.63, 3.8) is 0 Å². The van der Waals surface area contributed by atoms with Crippen LogP contribution >= 0.6 is 15.9 Å². The van der Waals surface area contributed by atoms with Gasteiger partial charge in [-0.25, -0.2) is 0 Å². The summed E-state index contributed by atoms with van der Waals surface area (Å²) < 4.78 is 40.5. The first-order chi connectivity index (χ1) is 9.63. The molecule has 0 spiro atoms. The molecule has 0 amide bonds. The Morgan fingerprint density at radius 1 is 1.33 bits per heavy atom. The van der Waals surface area contributed by atoms with Gasteiger partial charge in [0.1, 0.15) is 5.75 Å². The highest BCUT2D eigenvalue weighted by Gasteiger charge is 2.31. The maximum Gasteiger partial charge on any atom is 0.573 e. The Morgan fingerprint density at radius 3 is 2.52 bits per heavy atom. The fourth-order valence-electron chi connectivity index (χ4n) is 1.64. The number of hydrogen-bond donors (Lipinski definition) is 1. The fraction of sp³-hybridized carbons (Fsp3) is 0.500. The van der Waals surface area contributed by atoms with Gasteiger partial charge in [-0.15, -0.1) is 13.2 Å². The third-order valence-corrected chi connectivity index (χ3v) is 3.39. The van der Waals surface area contributed by atoms with Gasteiger partial charge in [0, 0.05) is 12.2 Å². The minimum atomic E-state index is -4.71. The van der Waals surface area contributed by atoms with E-state index in [1.54, 1.807) is 0 Å². The van der Waals surface area contributed by atoms with E-state index in [4.69, 9.17) is 5.26 Å². The summed E-state index contributed by atoms with van der Waals surface area (Å²) in [5, 5.41) is 12.0. The summed E-state index contributed by atoms with van der Waals surface area (Å²) in [6, 6.07) is 6.51. The van der Waals surface area contributed by atoms with E-state index in [0.717, 1.165) is 12.8 Å². The summed E-state index contributed by atoms with van der Waals surface area (Å²) in [6.45, 7) is 4.37. The van der Waals surface area contributed by atoms with Crippen LogP contribution < -0.4 is 10.1 Å². The van der Waals surface area contributed by atoms with Crippen LogP contribution in [0.3, 0.4) is 0 Å². The van der Waals surface area contributed by atoms with Crippen LogP contribution in [0.4, 0.5) is 18.9 Å². The molecular formula is C14H16BrF3N2O. The van der Waals surface area contributed by atoms with Gasteiger partial charge in [-0.3, -0.25) is 0 Å². The molecule has 0 aliphatic carbocycles. The Labute approximate surface area is 130 Å². The SMILES string of the molecule is CC(C)(C#N)CCCNc1ccc(OC(F)(F)F)c(Br)c1. The molecule has 1 N–H and O–H groups in total. The van der Waals surface area contributed by atoms with Gasteiger partial charge in [0.15, 0.2) is 0 Å². The molecule has 1 aromatic rings. The highest BCUT2D eigenvalue weighted by Crippen LogP contribution is 2.32. The molecule has 0 radical (unpaired) electrons. The van der Waals surface area contributed by atoms with Crippen molar-refractivity contribution in [2.24, 2.45) is 5.41 Å². The van der Waals surface area contributed by atoms with Crippen molar-refractivity contribution in [1.82, 2.24) is 0 Å². The number of nitriles is 1. The second-order valence-electron chi connectivity index (χ2n) is 5.22. The summed E-state index contributed by atoms with van der Waals surface area (Å²) in [6.07, 6.45) is -3.17. The van der Waals surface area contributed by atoms with E-state index in [1.807, 2.05) is 13.8 Å². The van der Waals surface area contributed by atoms with E-state index in [9.17, 15) is 13.2 Å². The van der Waals surface area contributed by atoms with Crippen LogP contribution in [0.1, 0.15) is 26.7 Å². The molecule has 7 heteroatoms. The zero-order valence-corrected chi connectivity index (χ0v) is 13.3. The van der Waals surface area contributed by atoms with Gasteiger partial charge in [0.2, 0.25) is 0 Å². The van der Waals surface area contributed by atoms with Gasteiger partial charge in [-0.2, -0.15) is 5.26 Å². The van der Waals surface area contributed by atoms with Gasteiger partial charge in [-0.1, -0.05) is 0 Å². The van der Waals surface area contributed by atoms with Gasteiger partial charge in [0.25, 0.3) is 0 Å². The number of halogens is 4. The number of nitrogens with zero attached hydrogens (tertiary/aromatic N) is 1. The van der Waals surface area contributed by atoms with E-state index in [2.05, 4.69) is 32.1 Å². The van der Waals surface area contributed by atoms with Crippen LogP contribution in [0.5, 0.6) is 5.75 Å². The average Bonchev–Trinajstić information content (AvgIpc) is 2.36. The monoisotopic (exact) mass is 364 g/mol. The number of alkyl halides is 3. The Kier molecular flexibility index (Phi) is 5.90. The lowest BCUT2D eigenvalue weighted by atomic mass is 9.90. The second-order valence-corrected chi connectivity index (χ2v) is 6.07.